The number of anilines is 1. The van der Waals surface area contributed by atoms with Gasteiger partial charge in [0.15, 0.2) is 0 Å². The normalized spacial score (nSPS) is 13.4. The molecular weight excluding hydrogens is 494 g/mol. The van der Waals surface area contributed by atoms with Crippen molar-refractivity contribution >= 4 is 29.2 Å². The Morgan fingerprint density at radius 3 is 2.59 bits per heavy atom. The van der Waals surface area contributed by atoms with Crippen LogP contribution in [0.3, 0.4) is 0 Å². The van der Waals surface area contributed by atoms with Crippen LogP contribution in [0.25, 0.3) is 5.57 Å². The molecule has 0 aliphatic carbocycles. The van der Waals surface area contributed by atoms with E-state index in [1.54, 1.807) is 59.6 Å². The molecule has 0 atom stereocenters. The zero-order valence-electron chi connectivity index (χ0n) is 22.2. The van der Waals surface area contributed by atoms with Crippen molar-refractivity contribution in [3.05, 3.63) is 95.4 Å². The SMILES string of the molecule is CCOC(=O)N1CC=C(c2ccc[nH]/c2=N\C(=N)Nc2ccc(C(=O)N(CC)Cc3ccncc3)cc2)CC1. The van der Waals surface area contributed by atoms with E-state index in [4.69, 9.17) is 10.1 Å². The molecule has 0 spiro atoms. The van der Waals surface area contributed by atoms with Gasteiger partial charge in [0, 0.05) is 61.6 Å². The van der Waals surface area contributed by atoms with E-state index in [-0.39, 0.29) is 18.0 Å². The summed E-state index contributed by atoms with van der Waals surface area (Å²) in [6.45, 7) is 6.19. The predicted octanol–water partition coefficient (Wildman–Crippen LogP) is 4.27. The number of hydrogen-bond donors (Lipinski definition) is 3. The van der Waals surface area contributed by atoms with Crippen LogP contribution in [0.1, 0.15) is 41.8 Å². The van der Waals surface area contributed by atoms with Crippen LogP contribution in [0.5, 0.6) is 0 Å². The number of carbonyl (C=O) groups excluding carboxylic acids is 2. The molecule has 3 heterocycles. The Morgan fingerprint density at radius 1 is 1.15 bits per heavy atom. The molecule has 1 aliphatic rings. The molecule has 0 bridgehead atoms. The summed E-state index contributed by atoms with van der Waals surface area (Å²) in [5.41, 5.74) is 4.71. The summed E-state index contributed by atoms with van der Waals surface area (Å²) in [6, 6.07) is 14.6. The number of H-pyrrole nitrogens is 1. The van der Waals surface area contributed by atoms with Gasteiger partial charge in [0.2, 0.25) is 5.96 Å². The number of aromatic amines is 1. The second-order valence-electron chi connectivity index (χ2n) is 8.89. The fourth-order valence-electron chi connectivity index (χ4n) is 4.27. The van der Waals surface area contributed by atoms with Crippen LogP contribution in [-0.2, 0) is 11.3 Å². The summed E-state index contributed by atoms with van der Waals surface area (Å²) in [5.74, 6) is -0.110. The highest BCUT2D eigenvalue weighted by Crippen LogP contribution is 2.20. The van der Waals surface area contributed by atoms with E-state index in [0.717, 1.165) is 16.7 Å². The minimum absolute atomic E-state index is 0.0461. The Labute approximate surface area is 227 Å². The molecule has 2 aromatic heterocycles. The van der Waals surface area contributed by atoms with Gasteiger partial charge < -0.3 is 24.8 Å². The van der Waals surface area contributed by atoms with Gasteiger partial charge >= 0.3 is 6.09 Å². The fraction of sp³-hybridized carbons (Fsp3) is 0.276. The molecule has 10 nitrogen and oxygen atoms in total. The van der Waals surface area contributed by atoms with Gasteiger partial charge in [0.05, 0.1) is 6.61 Å². The van der Waals surface area contributed by atoms with Crippen molar-refractivity contribution in [3.8, 4) is 0 Å². The van der Waals surface area contributed by atoms with Crippen molar-refractivity contribution in [1.82, 2.24) is 19.8 Å². The van der Waals surface area contributed by atoms with Crippen LogP contribution in [0, 0.1) is 5.41 Å². The van der Waals surface area contributed by atoms with Crippen molar-refractivity contribution in [1.29, 1.82) is 5.41 Å². The molecule has 1 aromatic carbocycles. The average Bonchev–Trinajstić information content (AvgIpc) is 2.97. The number of guanidine groups is 1. The maximum atomic E-state index is 13.0. The lowest BCUT2D eigenvalue weighted by atomic mass is 10.0. The minimum Gasteiger partial charge on any atom is -0.450 e. The number of nitrogens with one attached hydrogen (secondary N) is 3. The van der Waals surface area contributed by atoms with E-state index in [1.165, 1.54) is 0 Å². The highest BCUT2D eigenvalue weighted by atomic mass is 16.6. The van der Waals surface area contributed by atoms with E-state index in [9.17, 15) is 9.59 Å². The topological polar surface area (TPSA) is 127 Å². The number of pyridine rings is 2. The van der Waals surface area contributed by atoms with E-state index in [0.29, 0.717) is 55.9 Å². The van der Waals surface area contributed by atoms with Crippen LogP contribution in [-0.4, -0.2) is 64.0 Å². The monoisotopic (exact) mass is 527 g/mol. The number of nitrogens with zero attached hydrogens (tertiary/aromatic N) is 4. The van der Waals surface area contributed by atoms with E-state index >= 15 is 0 Å². The Balaban J connectivity index is 1.42. The fourth-order valence-corrected chi connectivity index (χ4v) is 4.27. The molecule has 1 aliphatic heterocycles. The van der Waals surface area contributed by atoms with Gasteiger partial charge in [-0.1, -0.05) is 6.08 Å². The third-order valence-corrected chi connectivity index (χ3v) is 6.33. The minimum atomic E-state index is -0.313. The number of carbonyl (C=O) groups is 2. The molecular formula is C29H33N7O3. The van der Waals surface area contributed by atoms with Crippen LogP contribution in [0.15, 0.2) is 78.2 Å². The molecule has 3 N–H and O–H groups in total. The Kier molecular flexibility index (Phi) is 9.23. The quantitative estimate of drug-likeness (QED) is 0.313. The summed E-state index contributed by atoms with van der Waals surface area (Å²) < 4.78 is 5.09. The van der Waals surface area contributed by atoms with Gasteiger partial charge in [-0.3, -0.25) is 15.2 Å². The first-order valence-corrected chi connectivity index (χ1v) is 13.0. The van der Waals surface area contributed by atoms with Crippen molar-refractivity contribution in [2.24, 2.45) is 4.99 Å². The third kappa shape index (κ3) is 7.19. The zero-order chi connectivity index (χ0) is 27.6. The number of benzene rings is 1. The number of amides is 2. The largest absolute Gasteiger partial charge is 0.450 e. The molecule has 0 fully saturated rings. The van der Waals surface area contributed by atoms with Gasteiger partial charge in [0.25, 0.3) is 5.91 Å². The summed E-state index contributed by atoms with van der Waals surface area (Å²) in [7, 11) is 0. The molecule has 2 amide bonds. The lowest BCUT2D eigenvalue weighted by Crippen LogP contribution is -2.35. The molecule has 0 saturated heterocycles. The highest BCUT2D eigenvalue weighted by Gasteiger charge is 2.19. The second kappa shape index (κ2) is 13.2. The van der Waals surface area contributed by atoms with Crippen LogP contribution in [0.2, 0.25) is 0 Å². The van der Waals surface area contributed by atoms with Crippen molar-refractivity contribution in [2.75, 3.05) is 31.6 Å². The smallest absolute Gasteiger partial charge is 0.410 e. The average molecular weight is 528 g/mol. The molecule has 39 heavy (non-hydrogen) atoms. The Morgan fingerprint density at radius 2 is 1.92 bits per heavy atom. The maximum Gasteiger partial charge on any atom is 0.410 e. The number of aromatic nitrogens is 2. The van der Waals surface area contributed by atoms with Crippen LogP contribution >= 0.6 is 0 Å². The maximum absolute atomic E-state index is 13.0. The van der Waals surface area contributed by atoms with Gasteiger partial charge in [-0.05, 0) is 79.9 Å². The van der Waals surface area contributed by atoms with E-state index in [1.807, 2.05) is 37.3 Å². The van der Waals surface area contributed by atoms with Crippen LogP contribution < -0.4 is 10.8 Å². The number of rotatable bonds is 7. The Bertz CT molecular complexity index is 1400. The molecule has 10 heteroatoms. The van der Waals surface area contributed by atoms with Gasteiger partial charge in [-0.25, -0.2) is 4.79 Å². The first kappa shape index (κ1) is 27.3. The molecule has 0 radical (unpaired) electrons. The number of ether oxygens (including phenoxy) is 1. The molecule has 0 unspecified atom stereocenters. The van der Waals surface area contributed by atoms with Gasteiger partial charge in [0.1, 0.15) is 5.49 Å². The lowest BCUT2D eigenvalue weighted by molar-refractivity contribution is 0.0752. The third-order valence-electron chi connectivity index (χ3n) is 6.33. The number of hydrogen-bond acceptors (Lipinski definition) is 5. The summed E-state index contributed by atoms with van der Waals surface area (Å²) in [5, 5.41) is 11.4. The lowest BCUT2D eigenvalue weighted by Gasteiger charge is -2.25. The van der Waals surface area contributed by atoms with Crippen molar-refractivity contribution < 1.29 is 14.3 Å². The van der Waals surface area contributed by atoms with Crippen molar-refractivity contribution in [3.63, 3.8) is 0 Å². The van der Waals surface area contributed by atoms with E-state index < -0.39 is 0 Å². The second-order valence-corrected chi connectivity index (χ2v) is 8.89. The first-order valence-electron chi connectivity index (χ1n) is 13.0. The molecule has 4 rings (SSSR count). The summed E-state index contributed by atoms with van der Waals surface area (Å²) >= 11 is 0. The molecule has 3 aromatic rings. The molecule has 0 saturated carbocycles. The predicted molar refractivity (Wildman–Crippen MR) is 150 cm³/mol. The first-order chi connectivity index (χ1) is 19.0. The molecule has 202 valence electrons. The van der Waals surface area contributed by atoms with Gasteiger partial charge in [-0.15, -0.1) is 0 Å². The van der Waals surface area contributed by atoms with E-state index in [2.05, 4.69) is 20.3 Å². The summed E-state index contributed by atoms with van der Waals surface area (Å²) in [4.78, 5) is 40.1. The zero-order valence-corrected chi connectivity index (χ0v) is 22.2. The Hall–Kier alpha value is -4.73. The van der Waals surface area contributed by atoms with Crippen LogP contribution in [0.4, 0.5) is 10.5 Å². The standard InChI is InChI=1S/C29H33N7O3/c1-3-35(20-21-11-16-31-17-12-21)27(37)23-7-9-24(10-8-23)33-28(30)34-26-25(6-5-15-32-26)22-13-18-36(19-14-22)29(38)39-4-2/h5-13,15-17H,3-4,14,18-20H2,1-2H3,(H3,30,32,33,34). The summed E-state index contributed by atoms with van der Waals surface area (Å²) in [6.07, 6.45) is 7.53. The van der Waals surface area contributed by atoms with Gasteiger partial charge in [-0.2, -0.15) is 4.99 Å². The van der Waals surface area contributed by atoms with Crippen molar-refractivity contribution in [2.45, 2.75) is 26.8 Å². The highest BCUT2D eigenvalue weighted by molar-refractivity contribution is 5.96.